The molecule has 0 aromatic heterocycles. The van der Waals surface area contributed by atoms with E-state index < -0.39 is 16.1 Å². The Labute approximate surface area is 160 Å². The van der Waals surface area contributed by atoms with Gasteiger partial charge in [0.1, 0.15) is 6.61 Å². The maximum absolute atomic E-state index is 12.9. The molecule has 3 rings (SSSR count). The minimum absolute atomic E-state index is 0.207. The van der Waals surface area contributed by atoms with Gasteiger partial charge >= 0.3 is 6.09 Å². The lowest BCUT2D eigenvalue weighted by atomic mass is 10.2. The van der Waals surface area contributed by atoms with Crippen molar-refractivity contribution in [3.63, 3.8) is 0 Å². The van der Waals surface area contributed by atoms with E-state index in [2.05, 4.69) is 0 Å². The molecule has 2 aromatic rings. The molecule has 0 radical (unpaired) electrons. The molecule has 1 atom stereocenters. The van der Waals surface area contributed by atoms with E-state index in [0.29, 0.717) is 19.5 Å². The Kier molecular flexibility index (Phi) is 6.13. The standard InChI is InChI=1S/C20H24N2O4S/c1-2-18-15-21(20(23)26-16-17-9-5-3-6-10-17)13-14-22(18)27(24,25)19-11-7-4-8-12-19/h3-12,18H,2,13-16H2,1H3. The lowest BCUT2D eigenvalue weighted by Crippen LogP contribution is -2.56. The molecule has 144 valence electrons. The Morgan fingerprint density at radius 3 is 2.30 bits per heavy atom. The molecule has 1 saturated heterocycles. The van der Waals surface area contributed by atoms with Gasteiger partial charge in [0.15, 0.2) is 0 Å². The van der Waals surface area contributed by atoms with Crippen LogP contribution in [-0.2, 0) is 21.4 Å². The first kappa shape index (κ1) is 19.4. The van der Waals surface area contributed by atoms with E-state index in [9.17, 15) is 13.2 Å². The van der Waals surface area contributed by atoms with Gasteiger partial charge in [0.25, 0.3) is 0 Å². The smallest absolute Gasteiger partial charge is 0.410 e. The zero-order valence-electron chi connectivity index (χ0n) is 15.3. The molecule has 1 aliphatic rings. The molecule has 1 unspecified atom stereocenters. The van der Waals surface area contributed by atoms with Gasteiger partial charge in [-0.15, -0.1) is 0 Å². The number of rotatable bonds is 5. The molecule has 7 heteroatoms. The maximum Gasteiger partial charge on any atom is 0.410 e. The van der Waals surface area contributed by atoms with Crippen molar-refractivity contribution in [3.8, 4) is 0 Å². The molecule has 0 N–H and O–H groups in total. The number of piperazine rings is 1. The van der Waals surface area contributed by atoms with Crippen LogP contribution in [0, 0.1) is 0 Å². The summed E-state index contributed by atoms with van der Waals surface area (Å²) in [5, 5.41) is 0. The number of nitrogens with zero attached hydrogens (tertiary/aromatic N) is 2. The van der Waals surface area contributed by atoms with E-state index in [0.717, 1.165) is 5.56 Å². The molecule has 2 aromatic carbocycles. The zero-order chi connectivity index (χ0) is 19.3. The summed E-state index contributed by atoms with van der Waals surface area (Å²) in [4.78, 5) is 14.3. The third-order valence-electron chi connectivity index (χ3n) is 4.71. The van der Waals surface area contributed by atoms with E-state index in [4.69, 9.17) is 4.74 Å². The maximum atomic E-state index is 12.9. The van der Waals surface area contributed by atoms with Gasteiger partial charge in [0.2, 0.25) is 10.0 Å². The highest BCUT2D eigenvalue weighted by Crippen LogP contribution is 2.23. The van der Waals surface area contributed by atoms with Crippen LogP contribution in [0.4, 0.5) is 4.79 Å². The second kappa shape index (κ2) is 8.54. The Bertz CT molecular complexity index is 856. The highest BCUT2D eigenvalue weighted by molar-refractivity contribution is 7.89. The summed E-state index contributed by atoms with van der Waals surface area (Å²) in [6.45, 7) is 3.04. The summed E-state index contributed by atoms with van der Waals surface area (Å²) >= 11 is 0. The van der Waals surface area contributed by atoms with Crippen LogP contribution in [0.1, 0.15) is 18.9 Å². The van der Waals surface area contributed by atoms with Crippen LogP contribution in [0.3, 0.4) is 0 Å². The fourth-order valence-electron chi connectivity index (χ4n) is 3.19. The van der Waals surface area contributed by atoms with Gasteiger partial charge in [-0.2, -0.15) is 4.31 Å². The number of amides is 1. The van der Waals surface area contributed by atoms with E-state index in [1.54, 1.807) is 35.2 Å². The van der Waals surface area contributed by atoms with Crippen molar-refractivity contribution >= 4 is 16.1 Å². The molecule has 0 aliphatic carbocycles. The molecule has 1 aliphatic heterocycles. The van der Waals surface area contributed by atoms with Crippen molar-refractivity contribution in [1.82, 2.24) is 9.21 Å². The molecule has 0 bridgehead atoms. The Morgan fingerprint density at radius 1 is 1.04 bits per heavy atom. The molecule has 27 heavy (non-hydrogen) atoms. The second-order valence-electron chi connectivity index (χ2n) is 6.48. The molecular weight excluding hydrogens is 364 g/mol. The van der Waals surface area contributed by atoms with Crippen LogP contribution >= 0.6 is 0 Å². The molecule has 0 saturated carbocycles. The van der Waals surface area contributed by atoms with Gasteiger partial charge in [-0.05, 0) is 24.1 Å². The fourth-order valence-corrected chi connectivity index (χ4v) is 4.89. The number of hydrogen-bond donors (Lipinski definition) is 0. The number of benzene rings is 2. The summed E-state index contributed by atoms with van der Waals surface area (Å²) in [5.74, 6) is 0. The molecular formula is C20H24N2O4S. The first-order chi connectivity index (χ1) is 13.0. The van der Waals surface area contributed by atoms with E-state index in [-0.39, 0.29) is 24.1 Å². The SMILES string of the molecule is CCC1CN(C(=O)OCc2ccccc2)CCN1S(=O)(=O)c1ccccc1. The van der Waals surface area contributed by atoms with E-state index in [1.807, 2.05) is 37.3 Å². The van der Waals surface area contributed by atoms with Crippen LogP contribution in [0.2, 0.25) is 0 Å². The monoisotopic (exact) mass is 388 g/mol. The van der Waals surface area contributed by atoms with Crippen LogP contribution in [0.5, 0.6) is 0 Å². The van der Waals surface area contributed by atoms with Crippen LogP contribution in [0.15, 0.2) is 65.6 Å². The highest BCUT2D eigenvalue weighted by Gasteiger charge is 2.36. The fraction of sp³-hybridized carbons (Fsp3) is 0.350. The predicted octanol–water partition coefficient (Wildman–Crippen LogP) is 3.11. The topological polar surface area (TPSA) is 66.9 Å². The summed E-state index contributed by atoms with van der Waals surface area (Å²) in [7, 11) is -3.57. The van der Waals surface area contributed by atoms with Crippen molar-refractivity contribution in [2.24, 2.45) is 0 Å². The lowest BCUT2D eigenvalue weighted by Gasteiger charge is -2.39. The highest BCUT2D eigenvalue weighted by atomic mass is 32.2. The minimum atomic E-state index is -3.57. The Morgan fingerprint density at radius 2 is 1.67 bits per heavy atom. The quantitative estimate of drug-likeness (QED) is 0.789. The van der Waals surface area contributed by atoms with Crippen LogP contribution in [0.25, 0.3) is 0 Å². The molecule has 0 spiro atoms. The summed E-state index contributed by atoms with van der Waals surface area (Å²) in [6, 6.07) is 17.6. The number of hydrogen-bond acceptors (Lipinski definition) is 4. The van der Waals surface area contributed by atoms with Crippen molar-refractivity contribution in [1.29, 1.82) is 0 Å². The third-order valence-corrected chi connectivity index (χ3v) is 6.68. The molecule has 1 amide bonds. The van der Waals surface area contributed by atoms with E-state index in [1.165, 1.54) is 4.31 Å². The predicted molar refractivity (Wildman–Crippen MR) is 103 cm³/mol. The van der Waals surface area contributed by atoms with Gasteiger partial charge in [0.05, 0.1) is 4.90 Å². The van der Waals surface area contributed by atoms with Crippen LogP contribution in [-0.4, -0.2) is 49.4 Å². The number of carbonyl (C=O) groups is 1. The number of sulfonamides is 1. The molecule has 1 heterocycles. The van der Waals surface area contributed by atoms with Gasteiger partial charge in [0, 0.05) is 25.7 Å². The largest absolute Gasteiger partial charge is 0.445 e. The first-order valence-electron chi connectivity index (χ1n) is 9.05. The van der Waals surface area contributed by atoms with Gasteiger partial charge in [-0.1, -0.05) is 55.5 Å². The minimum Gasteiger partial charge on any atom is -0.445 e. The summed E-state index contributed by atoms with van der Waals surface area (Å²) in [6.07, 6.45) is 0.211. The molecule has 6 nitrogen and oxygen atoms in total. The first-order valence-corrected chi connectivity index (χ1v) is 10.5. The van der Waals surface area contributed by atoms with Crippen LogP contribution < -0.4 is 0 Å². The zero-order valence-corrected chi connectivity index (χ0v) is 16.1. The third kappa shape index (κ3) is 4.48. The van der Waals surface area contributed by atoms with Crippen molar-refractivity contribution in [2.75, 3.05) is 19.6 Å². The second-order valence-corrected chi connectivity index (χ2v) is 8.37. The molecule has 1 fully saturated rings. The Hall–Kier alpha value is -2.38. The van der Waals surface area contributed by atoms with Gasteiger partial charge in [-0.3, -0.25) is 0 Å². The van der Waals surface area contributed by atoms with Crippen molar-refractivity contribution in [3.05, 3.63) is 66.2 Å². The number of carbonyl (C=O) groups excluding carboxylic acids is 1. The Balaban J connectivity index is 1.65. The van der Waals surface area contributed by atoms with Gasteiger partial charge < -0.3 is 9.64 Å². The summed E-state index contributed by atoms with van der Waals surface area (Å²) in [5.41, 5.74) is 0.920. The average Bonchev–Trinajstić information content (AvgIpc) is 2.72. The summed E-state index contributed by atoms with van der Waals surface area (Å²) < 4.78 is 32.8. The van der Waals surface area contributed by atoms with Crippen molar-refractivity contribution in [2.45, 2.75) is 30.9 Å². The normalized spacial score (nSPS) is 18.3. The number of ether oxygens (including phenoxy) is 1. The lowest BCUT2D eigenvalue weighted by molar-refractivity contribution is 0.0697. The van der Waals surface area contributed by atoms with Crippen molar-refractivity contribution < 1.29 is 17.9 Å². The van der Waals surface area contributed by atoms with Gasteiger partial charge in [-0.25, -0.2) is 13.2 Å². The average molecular weight is 388 g/mol. The van der Waals surface area contributed by atoms with E-state index >= 15 is 0 Å².